The van der Waals surface area contributed by atoms with E-state index in [0.29, 0.717) is 31.6 Å². The molecule has 95 heavy (non-hydrogen) atoms. The van der Waals surface area contributed by atoms with Gasteiger partial charge in [-0.1, -0.05) is 343 Å². The van der Waals surface area contributed by atoms with Crippen LogP contribution < -0.4 is 0 Å². The van der Waals surface area contributed by atoms with Crippen molar-refractivity contribution in [2.24, 2.45) is 11.8 Å². The predicted molar refractivity (Wildman–Crippen MR) is 386 cm³/mol. The van der Waals surface area contributed by atoms with Crippen molar-refractivity contribution in [3.63, 3.8) is 0 Å². The van der Waals surface area contributed by atoms with Gasteiger partial charge in [-0.05, 0) is 37.5 Å². The number of hydrogen-bond donors (Lipinski definition) is 3. The van der Waals surface area contributed by atoms with Gasteiger partial charge in [0.2, 0.25) is 0 Å². The van der Waals surface area contributed by atoms with Crippen molar-refractivity contribution >= 4 is 39.5 Å². The van der Waals surface area contributed by atoms with Gasteiger partial charge in [-0.15, -0.1) is 0 Å². The first-order valence-electron chi connectivity index (χ1n) is 39.5. The highest BCUT2D eigenvalue weighted by molar-refractivity contribution is 7.47. The number of esters is 4. The van der Waals surface area contributed by atoms with Gasteiger partial charge in [-0.3, -0.25) is 37.3 Å². The van der Waals surface area contributed by atoms with Gasteiger partial charge in [0, 0.05) is 25.7 Å². The number of phosphoric ester groups is 2. The summed E-state index contributed by atoms with van der Waals surface area (Å²) in [6, 6.07) is 0. The van der Waals surface area contributed by atoms with E-state index in [2.05, 4.69) is 41.5 Å². The smallest absolute Gasteiger partial charge is 0.462 e. The monoisotopic (exact) mass is 1400 g/mol. The van der Waals surface area contributed by atoms with Gasteiger partial charge >= 0.3 is 39.5 Å². The lowest BCUT2D eigenvalue weighted by Crippen LogP contribution is -2.30. The number of phosphoric acid groups is 2. The summed E-state index contributed by atoms with van der Waals surface area (Å²) in [6.07, 6.45) is 55.6. The Kier molecular flexibility index (Phi) is 66.5. The van der Waals surface area contributed by atoms with E-state index in [1.54, 1.807) is 0 Å². The standard InChI is InChI=1S/C76H148O17P2/c1-7-9-11-13-15-17-19-20-21-22-23-24-29-32-36-42-48-54-60-75(80)92-71(64-87-74(79)59-53-47-41-35-31-28-26-25-27-30-33-38-44-50-56-68(3)4)66-90-94(82,83)88-62-70(77)63-89-95(84,85)91-67-72(93-76(81)61-55-49-43-37-39-45-51-57-69(5)6)65-86-73(78)58-52-46-40-34-18-16-14-12-10-8-2/h68-72,77H,7-67H2,1-6H3,(H,82,83)(H,84,85)/t70-,71-,72-/m1/s1. The first-order valence-corrected chi connectivity index (χ1v) is 42.5. The summed E-state index contributed by atoms with van der Waals surface area (Å²) >= 11 is 0. The van der Waals surface area contributed by atoms with Crippen LogP contribution in [0.15, 0.2) is 0 Å². The highest BCUT2D eigenvalue weighted by atomic mass is 31.2. The number of rotatable bonds is 75. The summed E-state index contributed by atoms with van der Waals surface area (Å²) in [6.45, 7) is 9.55. The molecule has 2 unspecified atom stereocenters. The van der Waals surface area contributed by atoms with Crippen molar-refractivity contribution < 1.29 is 80.2 Å². The lowest BCUT2D eigenvalue weighted by molar-refractivity contribution is -0.161. The molecule has 0 aliphatic heterocycles. The zero-order chi connectivity index (χ0) is 70.0. The number of carbonyl (C=O) groups excluding carboxylic acids is 4. The van der Waals surface area contributed by atoms with E-state index in [-0.39, 0.29) is 25.7 Å². The summed E-state index contributed by atoms with van der Waals surface area (Å²) in [5.41, 5.74) is 0. The summed E-state index contributed by atoms with van der Waals surface area (Å²) in [5, 5.41) is 10.6. The molecule has 0 aliphatic carbocycles. The van der Waals surface area contributed by atoms with Crippen LogP contribution >= 0.6 is 15.6 Å². The maximum absolute atomic E-state index is 13.1. The van der Waals surface area contributed by atoms with Crippen LogP contribution in [-0.2, 0) is 65.4 Å². The zero-order valence-electron chi connectivity index (χ0n) is 62.0. The fraction of sp³-hybridized carbons (Fsp3) is 0.947. The molecule has 0 saturated carbocycles. The molecule has 0 fully saturated rings. The lowest BCUT2D eigenvalue weighted by atomic mass is 10.0. The van der Waals surface area contributed by atoms with Gasteiger partial charge in [-0.25, -0.2) is 9.13 Å². The fourth-order valence-corrected chi connectivity index (χ4v) is 13.2. The third-order valence-electron chi connectivity index (χ3n) is 17.7. The van der Waals surface area contributed by atoms with Crippen LogP contribution in [0.25, 0.3) is 0 Å². The summed E-state index contributed by atoms with van der Waals surface area (Å²) in [7, 11) is -9.91. The summed E-state index contributed by atoms with van der Waals surface area (Å²) in [4.78, 5) is 72.7. The van der Waals surface area contributed by atoms with Crippen LogP contribution in [0.3, 0.4) is 0 Å². The predicted octanol–water partition coefficient (Wildman–Crippen LogP) is 22.3. The van der Waals surface area contributed by atoms with Crippen molar-refractivity contribution in [3.05, 3.63) is 0 Å². The van der Waals surface area contributed by atoms with Gasteiger partial charge in [0.25, 0.3) is 0 Å². The molecule has 3 N–H and O–H groups in total. The van der Waals surface area contributed by atoms with Crippen molar-refractivity contribution in [1.82, 2.24) is 0 Å². The molecule has 0 amide bonds. The SMILES string of the molecule is CCCCCCCCCCCCCCCCCCCCC(=O)O[C@H](COC(=O)CCCCCCCCCCCCCCCCC(C)C)COP(=O)(O)OC[C@@H](O)COP(=O)(O)OC[C@@H](COC(=O)CCCCCCCCCCCC)OC(=O)CCCCCCCCCC(C)C. The van der Waals surface area contributed by atoms with Crippen LogP contribution in [0.5, 0.6) is 0 Å². The van der Waals surface area contributed by atoms with Gasteiger partial charge in [0.15, 0.2) is 12.2 Å². The van der Waals surface area contributed by atoms with Gasteiger partial charge in [0.05, 0.1) is 26.4 Å². The highest BCUT2D eigenvalue weighted by Gasteiger charge is 2.30. The first kappa shape index (κ1) is 93.1. The summed E-state index contributed by atoms with van der Waals surface area (Å²) < 4.78 is 68.5. The normalized spacial score (nSPS) is 14.0. The van der Waals surface area contributed by atoms with E-state index in [9.17, 15) is 43.2 Å². The average Bonchev–Trinajstić information content (AvgIpc) is 1.60. The minimum atomic E-state index is -4.96. The Balaban J connectivity index is 5.22. The van der Waals surface area contributed by atoms with E-state index in [1.807, 2.05) is 0 Å². The topological polar surface area (TPSA) is 237 Å². The maximum Gasteiger partial charge on any atom is 0.472 e. The quantitative estimate of drug-likeness (QED) is 0.0222. The Morgan fingerprint density at radius 3 is 0.716 bits per heavy atom. The third kappa shape index (κ3) is 70.3. The largest absolute Gasteiger partial charge is 0.472 e. The fourth-order valence-electron chi connectivity index (χ4n) is 11.7. The Morgan fingerprint density at radius 2 is 0.484 bits per heavy atom. The number of carbonyl (C=O) groups is 4. The average molecular weight is 1400 g/mol. The molecule has 19 heteroatoms. The Hall–Kier alpha value is -1.94. The zero-order valence-corrected chi connectivity index (χ0v) is 63.8. The van der Waals surface area contributed by atoms with E-state index in [4.69, 9.17) is 37.0 Å². The first-order chi connectivity index (χ1) is 45.9. The molecule has 0 aromatic rings. The van der Waals surface area contributed by atoms with Gasteiger partial charge in [0.1, 0.15) is 19.3 Å². The third-order valence-corrected chi connectivity index (χ3v) is 19.6. The molecule has 0 aromatic carbocycles. The Labute approximate surface area is 581 Å². The molecule has 0 heterocycles. The van der Waals surface area contributed by atoms with Crippen LogP contribution in [0.2, 0.25) is 0 Å². The van der Waals surface area contributed by atoms with Gasteiger partial charge in [-0.2, -0.15) is 0 Å². The molecule has 17 nitrogen and oxygen atoms in total. The number of ether oxygens (including phenoxy) is 4. The van der Waals surface area contributed by atoms with E-state index >= 15 is 0 Å². The van der Waals surface area contributed by atoms with Crippen molar-refractivity contribution in [2.75, 3.05) is 39.6 Å². The Morgan fingerprint density at radius 1 is 0.284 bits per heavy atom. The molecule has 0 aliphatic rings. The minimum Gasteiger partial charge on any atom is -0.462 e. The van der Waals surface area contributed by atoms with Crippen molar-refractivity contribution in [3.8, 4) is 0 Å². The van der Waals surface area contributed by atoms with Crippen LogP contribution in [0.1, 0.15) is 395 Å². The second-order valence-electron chi connectivity index (χ2n) is 28.3. The van der Waals surface area contributed by atoms with Crippen molar-refractivity contribution in [1.29, 1.82) is 0 Å². The molecule has 5 atom stereocenters. The molecule has 0 spiro atoms. The molecule has 564 valence electrons. The van der Waals surface area contributed by atoms with E-state index in [1.165, 1.54) is 212 Å². The number of aliphatic hydroxyl groups is 1. The Bertz CT molecular complexity index is 1840. The molecule has 0 bridgehead atoms. The summed E-state index contributed by atoms with van der Waals surface area (Å²) in [5.74, 6) is -0.623. The maximum atomic E-state index is 13.1. The highest BCUT2D eigenvalue weighted by Crippen LogP contribution is 2.45. The minimum absolute atomic E-state index is 0.104. The number of hydrogen-bond acceptors (Lipinski definition) is 15. The van der Waals surface area contributed by atoms with Crippen LogP contribution in [0.4, 0.5) is 0 Å². The van der Waals surface area contributed by atoms with E-state index in [0.717, 1.165) is 95.8 Å². The number of unbranched alkanes of at least 4 members (excludes halogenated alkanes) is 45. The second-order valence-corrected chi connectivity index (χ2v) is 31.3. The molecule has 0 rings (SSSR count). The van der Waals surface area contributed by atoms with Gasteiger partial charge < -0.3 is 33.8 Å². The van der Waals surface area contributed by atoms with Crippen LogP contribution in [0, 0.1) is 11.8 Å². The van der Waals surface area contributed by atoms with Crippen LogP contribution in [-0.4, -0.2) is 96.7 Å². The van der Waals surface area contributed by atoms with E-state index < -0.39 is 97.5 Å². The molecule has 0 saturated heterocycles. The van der Waals surface area contributed by atoms with Crippen molar-refractivity contribution in [2.45, 2.75) is 413 Å². The lowest BCUT2D eigenvalue weighted by Gasteiger charge is -2.21. The molecule has 0 aromatic heterocycles. The molecular weight excluding hydrogens is 1250 g/mol. The number of aliphatic hydroxyl groups excluding tert-OH is 1. The molecular formula is C76H148O17P2. The molecule has 0 radical (unpaired) electrons. The second kappa shape index (κ2) is 67.9.